The molecule has 0 atom stereocenters. The highest BCUT2D eigenvalue weighted by Gasteiger charge is 2.12. The Hall–Kier alpha value is -2.91. The van der Waals surface area contributed by atoms with Crippen molar-refractivity contribution in [1.82, 2.24) is 4.57 Å². The Balaban J connectivity index is 2.01. The highest BCUT2D eigenvalue weighted by molar-refractivity contribution is 5.72. The highest BCUT2D eigenvalue weighted by atomic mass is 16.2. The van der Waals surface area contributed by atoms with Gasteiger partial charge in [0.25, 0.3) is 5.56 Å². The molecular formula is C24H25NO2. The van der Waals surface area contributed by atoms with Crippen LogP contribution in [0, 0.1) is 6.92 Å². The topological polar surface area (TPSA) is 42.2 Å². The average molecular weight is 359 g/mol. The molecule has 0 fully saturated rings. The van der Waals surface area contributed by atoms with E-state index in [1.54, 1.807) is 4.57 Å². The predicted octanol–water partition coefficient (Wildman–Crippen LogP) is 4.30. The van der Waals surface area contributed by atoms with Crippen molar-refractivity contribution in [1.29, 1.82) is 0 Å². The lowest BCUT2D eigenvalue weighted by molar-refractivity contribution is 0.288. The molecule has 0 bridgehead atoms. The lowest BCUT2D eigenvalue weighted by atomic mass is 9.99. The van der Waals surface area contributed by atoms with E-state index in [4.69, 9.17) is 0 Å². The zero-order chi connectivity index (χ0) is 19.1. The van der Waals surface area contributed by atoms with Gasteiger partial charge in [-0.2, -0.15) is 0 Å². The predicted molar refractivity (Wildman–Crippen MR) is 112 cm³/mol. The molecule has 1 N–H and O–H groups in total. The fraction of sp³-hybridized carbons (Fsp3) is 0.208. The van der Waals surface area contributed by atoms with Crippen molar-refractivity contribution in [2.75, 3.05) is 6.61 Å². The third-order valence-electron chi connectivity index (χ3n) is 4.64. The first-order valence-electron chi connectivity index (χ1n) is 9.30. The molecule has 3 rings (SSSR count). The van der Waals surface area contributed by atoms with Crippen LogP contribution in [0.2, 0.25) is 0 Å². The van der Waals surface area contributed by atoms with Crippen molar-refractivity contribution in [2.24, 2.45) is 0 Å². The van der Waals surface area contributed by atoms with Gasteiger partial charge in [0.2, 0.25) is 0 Å². The van der Waals surface area contributed by atoms with Crippen LogP contribution in [0.5, 0.6) is 0 Å². The van der Waals surface area contributed by atoms with Gasteiger partial charge < -0.3 is 9.67 Å². The van der Waals surface area contributed by atoms with Crippen LogP contribution in [0.4, 0.5) is 0 Å². The lowest BCUT2D eigenvalue weighted by Gasteiger charge is -2.14. The van der Waals surface area contributed by atoms with Gasteiger partial charge in [-0.1, -0.05) is 72.8 Å². The maximum atomic E-state index is 13.1. The zero-order valence-corrected chi connectivity index (χ0v) is 15.6. The molecule has 3 aromatic rings. The molecule has 0 aliphatic rings. The van der Waals surface area contributed by atoms with Gasteiger partial charge in [0, 0.05) is 18.4 Å². The number of aliphatic hydroxyl groups excluding tert-OH is 1. The van der Waals surface area contributed by atoms with Crippen LogP contribution in [0.1, 0.15) is 34.2 Å². The van der Waals surface area contributed by atoms with Crippen LogP contribution in [-0.4, -0.2) is 16.3 Å². The van der Waals surface area contributed by atoms with Crippen molar-refractivity contribution in [3.63, 3.8) is 0 Å². The SMILES string of the molecule is Cc1cn(Cc2ccccc2)c(=O)c(CCCO)c1/C=C/c1ccccc1. The van der Waals surface area contributed by atoms with Crippen molar-refractivity contribution >= 4 is 12.2 Å². The van der Waals surface area contributed by atoms with Gasteiger partial charge in [0.05, 0.1) is 6.54 Å². The second-order valence-electron chi connectivity index (χ2n) is 6.69. The number of benzene rings is 2. The third kappa shape index (κ3) is 4.83. The quantitative estimate of drug-likeness (QED) is 0.683. The van der Waals surface area contributed by atoms with Crippen molar-refractivity contribution in [3.05, 3.63) is 105 Å². The molecule has 138 valence electrons. The smallest absolute Gasteiger partial charge is 0.254 e. The Morgan fingerprint density at radius 3 is 2.30 bits per heavy atom. The van der Waals surface area contributed by atoms with E-state index in [0.29, 0.717) is 19.4 Å². The molecule has 3 heteroatoms. The summed E-state index contributed by atoms with van der Waals surface area (Å²) in [6, 6.07) is 20.0. The molecule has 0 unspecified atom stereocenters. The summed E-state index contributed by atoms with van der Waals surface area (Å²) in [7, 11) is 0. The minimum atomic E-state index is 0.0191. The number of hydrogen-bond acceptors (Lipinski definition) is 2. The Morgan fingerprint density at radius 2 is 1.63 bits per heavy atom. The van der Waals surface area contributed by atoms with E-state index in [0.717, 1.165) is 27.8 Å². The molecular weight excluding hydrogens is 334 g/mol. The monoisotopic (exact) mass is 359 g/mol. The van der Waals surface area contributed by atoms with Gasteiger partial charge in [-0.05, 0) is 42.0 Å². The molecule has 0 saturated heterocycles. The van der Waals surface area contributed by atoms with Crippen LogP contribution in [0.3, 0.4) is 0 Å². The number of pyridine rings is 1. The van der Waals surface area contributed by atoms with Gasteiger partial charge in [0.15, 0.2) is 0 Å². The average Bonchev–Trinajstić information content (AvgIpc) is 2.70. The van der Waals surface area contributed by atoms with Crippen LogP contribution in [-0.2, 0) is 13.0 Å². The Morgan fingerprint density at radius 1 is 0.963 bits per heavy atom. The molecule has 0 aliphatic carbocycles. The van der Waals surface area contributed by atoms with Gasteiger partial charge in [-0.15, -0.1) is 0 Å². The molecule has 1 heterocycles. The summed E-state index contributed by atoms with van der Waals surface area (Å²) in [5.74, 6) is 0. The van der Waals surface area contributed by atoms with E-state index in [9.17, 15) is 9.90 Å². The summed E-state index contributed by atoms with van der Waals surface area (Å²) in [5, 5.41) is 9.26. The first-order chi connectivity index (χ1) is 13.2. The standard InChI is InChI=1S/C24H25NO2/c1-19-17-25(18-21-11-6-3-7-12-21)24(27)23(13-8-16-26)22(19)15-14-20-9-4-2-5-10-20/h2-7,9-12,14-15,17,26H,8,13,16,18H2,1H3/b15-14+. The molecule has 1 aromatic heterocycles. The van der Waals surface area contributed by atoms with Gasteiger partial charge in [-0.25, -0.2) is 0 Å². The Bertz CT molecular complexity index is 957. The largest absolute Gasteiger partial charge is 0.396 e. The molecule has 0 radical (unpaired) electrons. The highest BCUT2D eigenvalue weighted by Crippen LogP contribution is 2.17. The van der Waals surface area contributed by atoms with E-state index in [1.165, 1.54) is 0 Å². The molecule has 2 aromatic carbocycles. The first kappa shape index (κ1) is 18.9. The van der Waals surface area contributed by atoms with Crippen molar-refractivity contribution < 1.29 is 5.11 Å². The molecule has 0 spiro atoms. The minimum Gasteiger partial charge on any atom is -0.396 e. The van der Waals surface area contributed by atoms with E-state index < -0.39 is 0 Å². The summed E-state index contributed by atoms with van der Waals surface area (Å²) in [4.78, 5) is 13.1. The van der Waals surface area contributed by atoms with Crippen LogP contribution < -0.4 is 5.56 Å². The van der Waals surface area contributed by atoms with Crippen molar-refractivity contribution in [2.45, 2.75) is 26.3 Å². The van der Waals surface area contributed by atoms with Crippen molar-refractivity contribution in [3.8, 4) is 0 Å². The Labute approximate surface area is 160 Å². The number of hydrogen-bond donors (Lipinski definition) is 1. The fourth-order valence-corrected chi connectivity index (χ4v) is 3.26. The number of aromatic nitrogens is 1. The van der Waals surface area contributed by atoms with E-state index in [1.807, 2.05) is 85.9 Å². The summed E-state index contributed by atoms with van der Waals surface area (Å²) in [6.07, 6.45) is 7.14. The summed E-state index contributed by atoms with van der Waals surface area (Å²) >= 11 is 0. The summed E-state index contributed by atoms with van der Waals surface area (Å²) in [6.45, 7) is 2.66. The van der Waals surface area contributed by atoms with E-state index >= 15 is 0 Å². The summed E-state index contributed by atoms with van der Waals surface area (Å²) in [5.41, 5.74) is 5.00. The molecule has 0 saturated carbocycles. The molecule has 3 nitrogen and oxygen atoms in total. The van der Waals surface area contributed by atoms with Gasteiger partial charge >= 0.3 is 0 Å². The number of nitrogens with zero attached hydrogens (tertiary/aromatic N) is 1. The molecule has 27 heavy (non-hydrogen) atoms. The van der Waals surface area contributed by atoms with Gasteiger partial charge in [-0.3, -0.25) is 4.79 Å². The number of aliphatic hydroxyl groups is 1. The third-order valence-corrected chi connectivity index (χ3v) is 4.64. The lowest BCUT2D eigenvalue weighted by Crippen LogP contribution is -2.26. The Kier molecular flexibility index (Phi) is 6.39. The fourth-order valence-electron chi connectivity index (χ4n) is 3.26. The number of rotatable bonds is 7. The van der Waals surface area contributed by atoms with Crippen LogP contribution in [0.25, 0.3) is 12.2 Å². The maximum absolute atomic E-state index is 13.1. The van der Waals surface area contributed by atoms with Gasteiger partial charge in [0.1, 0.15) is 0 Å². The summed E-state index contributed by atoms with van der Waals surface area (Å²) < 4.78 is 1.78. The first-order valence-corrected chi connectivity index (χ1v) is 9.30. The molecule has 0 amide bonds. The van der Waals surface area contributed by atoms with E-state index in [2.05, 4.69) is 0 Å². The van der Waals surface area contributed by atoms with Crippen LogP contribution >= 0.6 is 0 Å². The number of aryl methyl sites for hydroxylation is 1. The maximum Gasteiger partial charge on any atom is 0.254 e. The second-order valence-corrected chi connectivity index (χ2v) is 6.69. The zero-order valence-electron chi connectivity index (χ0n) is 15.6. The molecule has 0 aliphatic heterocycles. The minimum absolute atomic E-state index is 0.0191. The van der Waals surface area contributed by atoms with E-state index in [-0.39, 0.29) is 12.2 Å². The second kappa shape index (κ2) is 9.15. The normalized spacial score (nSPS) is 11.2. The van der Waals surface area contributed by atoms with Crippen LogP contribution in [0.15, 0.2) is 71.7 Å².